The molecule has 1 nitrogen and oxygen atoms in total. The maximum atomic E-state index is 4.74. The Labute approximate surface area is 89.4 Å². The Morgan fingerprint density at radius 2 is 1.85 bits per heavy atom. The van der Waals surface area contributed by atoms with Gasteiger partial charge in [0.15, 0.2) is 0 Å². The fourth-order valence-electron chi connectivity index (χ4n) is 1.81. The van der Waals surface area contributed by atoms with Gasteiger partial charge in [-0.1, -0.05) is 0 Å². The molecule has 1 atom stereocenters. The van der Waals surface area contributed by atoms with Gasteiger partial charge in [0.05, 0.1) is 0 Å². The van der Waals surface area contributed by atoms with Crippen molar-refractivity contribution in [2.45, 2.75) is 38.0 Å². The summed E-state index contributed by atoms with van der Waals surface area (Å²) < 4.78 is 0. The van der Waals surface area contributed by atoms with E-state index in [0.717, 1.165) is 5.25 Å². The van der Waals surface area contributed by atoms with Gasteiger partial charge in [-0.3, -0.25) is 4.90 Å². The van der Waals surface area contributed by atoms with Gasteiger partial charge in [0.1, 0.15) is 0 Å². The quantitative estimate of drug-likeness (QED) is 0.526. The highest BCUT2D eigenvalue weighted by Crippen LogP contribution is 2.53. The second-order valence-electron chi connectivity index (χ2n) is 5.38. The zero-order valence-electron chi connectivity index (χ0n) is 9.50. The topological polar surface area (TPSA) is 3.24 Å². The summed E-state index contributed by atoms with van der Waals surface area (Å²) in [5, 5.41) is 0.829. The number of thiol groups is 1. The second-order valence-corrected chi connectivity index (χ2v) is 11.6. The van der Waals surface area contributed by atoms with Crippen molar-refractivity contribution in [2.24, 2.45) is 0 Å². The minimum atomic E-state index is -0.643. The van der Waals surface area contributed by atoms with E-state index in [1.54, 1.807) is 0 Å². The van der Waals surface area contributed by atoms with Crippen LogP contribution in [0.2, 0.25) is 0 Å². The molecule has 0 aromatic carbocycles. The minimum Gasteiger partial charge on any atom is -0.297 e. The fraction of sp³-hybridized carbons (Fsp3) is 1.00. The van der Waals surface area contributed by atoms with Gasteiger partial charge in [-0.15, -0.1) is 11.7 Å². The smallest absolute Gasteiger partial charge is 0.0125 e. The lowest BCUT2D eigenvalue weighted by molar-refractivity contribution is 0.175. The van der Waals surface area contributed by atoms with Crippen molar-refractivity contribution in [1.82, 2.24) is 4.90 Å². The summed E-state index contributed by atoms with van der Waals surface area (Å²) in [6, 6.07) is 0. The summed E-state index contributed by atoms with van der Waals surface area (Å²) in [4.78, 5) is 2.59. The molecule has 0 bridgehead atoms. The van der Waals surface area contributed by atoms with Crippen LogP contribution in [0, 0.1) is 0 Å². The Hall–Kier alpha value is 0.660. The number of rotatable bonds is 1. The first-order valence-electron chi connectivity index (χ1n) is 4.91. The summed E-state index contributed by atoms with van der Waals surface area (Å²) in [6.45, 7) is 9.41. The summed E-state index contributed by atoms with van der Waals surface area (Å²) >= 11 is 4.74. The van der Waals surface area contributed by atoms with Gasteiger partial charge in [-0.25, -0.2) is 0 Å². The van der Waals surface area contributed by atoms with Gasteiger partial charge in [0.2, 0.25) is 0 Å². The first-order valence-corrected chi connectivity index (χ1v) is 8.47. The summed E-state index contributed by atoms with van der Waals surface area (Å²) in [5.74, 6) is 0. The molecule has 0 aliphatic carbocycles. The van der Waals surface area contributed by atoms with Crippen molar-refractivity contribution < 1.29 is 0 Å². The standard InChI is InChI=1S/C10H23NS2/c1-10(2,3)11-7-6-9(8-11)13(4,5)12/h9,12H,6-8H2,1-5H3. The van der Waals surface area contributed by atoms with Gasteiger partial charge in [-0.05, 0) is 46.2 Å². The summed E-state index contributed by atoms with van der Waals surface area (Å²) in [7, 11) is -0.643. The highest BCUT2D eigenvalue weighted by molar-refractivity contribution is 8.87. The predicted octanol–water partition coefficient (Wildman–Crippen LogP) is 2.77. The molecule has 3 heteroatoms. The Bertz CT molecular complexity index is 158. The Balaban J connectivity index is 2.55. The van der Waals surface area contributed by atoms with Gasteiger partial charge >= 0.3 is 0 Å². The average Bonchev–Trinajstić information content (AvgIpc) is 2.28. The fourth-order valence-corrected chi connectivity index (χ4v) is 3.55. The third-order valence-electron chi connectivity index (χ3n) is 2.91. The molecule has 0 aromatic rings. The second kappa shape index (κ2) is 3.67. The molecule has 80 valence electrons. The SMILES string of the molecule is CC(C)(C)N1CCC(S(C)(C)S)C1. The zero-order chi connectivity index (χ0) is 10.3. The molecule has 1 rings (SSSR count). The Morgan fingerprint density at radius 1 is 1.31 bits per heavy atom. The van der Waals surface area contributed by atoms with Crippen LogP contribution in [0.4, 0.5) is 0 Å². The first-order chi connectivity index (χ1) is 5.71. The lowest BCUT2D eigenvalue weighted by atomic mass is 10.1. The zero-order valence-corrected chi connectivity index (χ0v) is 11.2. The van der Waals surface area contributed by atoms with E-state index in [1.165, 1.54) is 19.5 Å². The first kappa shape index (κ1) is 11.7. The van der Waals surface area contributed by atoms with Crippen molar-refractivity contribution in [2.75, 3.05) is 25.6 Å². The van der Waals surface area contributed by atoms with Crippen LogP contribution >= 0.6 is 20.7 Å². The van der Waals surface area contributed by atoms with Crippen molar-refractivity contribution in [3.63, 3.8) is 0 Å². The molecular weight excluding hydrogens is 198 g/mol. The summed E-state index contributed by atoms with van der Waals surface area (Å²) in [5.41, 5.74) is 0.340. The normalized spacial score (nSPS) is 28.0. The van der Waals surface area contributed by atoms with Crippen LogP contribution in [0.3, 0.4) is 0 Å². The average molecular weight is 221 g/mol. The molecular formula is C10H23NS2. The molecule has 0 spiro atoms. The Kier molecular flexibility index (Phi) is 3.31. The number of hydrogen-bond donors (Lipinski definition) is 1. The molecule has 1 aliphatic rings. The van der Waals surface area contributed by atoms with E-state index in [9.17, 15) is 0 Å². The highest BCUT2D eigenvalue weighted by atomic mass is 33.1. The van der Waals surface area contributed by atoms with Crippen LogP contribution in [0.1, 0.15) is 27.2 Å². The third kappa shape index (κ3) is 3.07. The number of hydrogen-bond acceptors (Lipinski definition) is 2. The third-order valence-corrected chi connectivity index (χ3v) is 5.82. The van der Waals surface area contributed by atoms with E-state index in [1.807, 2.05) is 0 Å². The molecule has 1 unspecified atom stereocenters. The molecule has 0 saturated carbocycles. The molecule has 0 radical (unpaired) electrons. The van der Waals surface area contributed by atoms with E-state index < -0.39 is 9.06 Å². The molecule has 0 amide bonds. The van der Waals surface area contributed by atoms with Crippen LogP contribution in [0.25, 0.3) is 0 Å². The van der Waals surface area contributed by atoms with Crippen molar-refractivity contribution in [1.29, 1.82) is 0 Å². The maximum Gasteiger partial charge on any atom is 0.0125 e. The lowest BCUT2D eigenvalue weighted by Crippen LogP contribution is -2.40. The number of nitrogens with zero attached hydrogens (tertiary/aromatic N) is 1. The molecule has 0 N–H and O–H groups in total. The predicted molar refractivity (Wildman–Crippen MR) is 68.2 cm³/mol. The van der Waals surface area contributed by atoms with E-state index in [4.69, 9.17) is 11.7 Å². The van der Waals surface area contributed by atoms with Crippen LogP contribution in [-0.2, 0) is 0 Å². The molecule has 1 saturated heterocycles. The summed E-state index contributed by atoms with van der Waals surface area (Å²) in [6.07, 6.45) is 5.96. The number of likely N-dealkylation sites (tertiary alicyclic amines) is 1. The van der Waals surface area contributed by atoms with E-state index in [2.05, 4.69) is 38.2 Å². The lowest BCUT2D eigenvalue weighted by Gasteiger charge is -2.35. The van der Waals surface area contributed by atoms with Crippen molar-refractivity contribution in [3.05, 3.63) is 0 Å². The van der Waals surface area contributed by atoms with Crippen LogP contribution in [0.15, 0.2) is 0 Å². The Morgan fingerprint density at radius 3 is 2.08 bits per heavy atom. The molecule has 1 aliphatic heterocycles. The van der Waals surface area contributed by atoms with E-state index >= 15 is 0 Å². The maximum absolute atomic E-state index is 4.74. The van der Waals surface area contributed by atoms with Crippen molar-refractivity contribution >= 4 is 20.7 Å². The molecule has 0 aromatic heterocycles. The molecule has 1 fully saturated rings. The van der Waals surface area contributed by atoms with E-state index in [-0.39, 0.29) is 0 Å². The minimum absolute atomic E-state index is 0.340. The van der Waals surface area contributed by atoms with Gasteiger partial charge in [-0.2, -0.15) is 9.06 Å². The van der Waals surface area contributed by atoms with Crippen LogP contribution in [0.5, 0.6) is 0 Å². The molecule has 13 heavy (non-hydrogen) atoms. The van der Waals surface area contributed by atoms with Gasteiger partial charge < -0.3 is 0 Å². The van der Waals surface area contributed by atoms with Crippen molar-refractivity contribution in [3.8, 4) is 0 Å². The largest absolute Gasteiger partial charge is 0.297 e. The van der Waals surface area contributed by atoms with E-state index in [0.29, 0.717) is 5.54 Å². The highest BCUT2D eigenvalue weighted by Gasteiger charge is 2.34. The van der Waals surface area contributed by atoms with Gasteiger partial charge in [0, 0.05) is 17.3 Å². The monoisotopic (exact) mass is 221 g/mol. The van der Waals surface area contributed by atoms with Gasteiger partial charge in [0.25, 0.3) is 0 Å². The van der Waals surface area contributed by atoms with Crippen LogP contribution < -0.4 is 0 Å². The van der Waals surface area contributed by atoms with Crippen LogP contribution in [-0.4, -0.2) is 41.3 Å². The molecule has 1 heterocycles.